The van der Waals surface area contributed by atoms with E-state index in [4.69, 9.17) is 0 Å². The van der Waals surface area contributed by atoms with Crippen molar-refractivity contribution in [2.24, 2.45) is 0 Å². The molecule has 1 atom stereocenters. The zero-order chi connectivity index (χ0) is 9.14. The molecule has 1 aromatic heterocycles. The summed E-state index contributed by atoms with van der Waals surface area (Å²) in [7, 11) is 0. The smallest absolute Gasteiger partial charge is 0.0435 e. The third kappa shape index (κ3) is 1.84. The Bertz CT molecular complexity index is 266. The Labute approximate surface area is 74.8 Å². The number of nitrogens with zero attached hydrogens (tertiary/aromatic N) is 1. The molecule has 0 spiro atoms. The van der Waals surface area contributed by atoms with Gasteiger partial charge in [0.25, 0.3) is 0 Å². The van der Waals surface area contributed by atoms with E-state index >= 15 is 0 Å². The van der Waals surface area contributed by atoms with Crippen LogP contribution in [0.2, 0.25) is 0 Å². The summed E-state index contributed by atoms with van der Waals surface area (Å²) in [6.07, 6.45) is 1.16. The molecule has 0 N–H and O–H groups in total. The third-order valence-electron chi connectivity index (χ3n) is 2.49. The molecule has 0 bridgehead atoms. The minimum atomic E-state index is 0.587. The van der Waals surface area contributed by atoms with Crippen molar-refractivity contribution in [2.75, 3.05) is 0 Å². The monoisotopic (exact) mass is 163 g/mol. The zero-order valence-corrected chi connectivity index (χ0v) is 8.39. The molecule has 12 heavy (non-hydrogen) atoms. The van der Waals surface area contributed by atoms with Gasteiger partial charge < -0.3 is 0 Å². The van der Waals surface area contributed by atoms with Gasteiger partial charge in [-0.25, -0.2) is 0 Å². The molecule has 1 heteroatoms. The minimum Gasteiger partial charge on any atom is -0.258 e. The van der Waals surface area contributed by atoms with Crippen molar-refractivity contribution in [1.29, 1.82) is 0 Å². The fourth-order valence-corrected chi connectivity index (χ4v) is 1.13. The van der Waals surface area contributed by atoms with Gasteiger partial charge in [-0.05, 0) is 37.8 Å². The predicted molar refractivity (Wildman–Crippen MR) is 52.4 cm³/mol. The van der Waals surface area contributed by atoms with Crippen molar-refractivity contribution >= 4 is 0 Å². The summed E-state index contributed by atoms with van der Waals surface area (Å²) < 4.78 is 0. The van der Waals surface area contributed by atoms with E-state index in [-0.39, 0.29) is 0 Å². The fourth-order valence-electron chi connectivity index (χ4n) is 1.13. The van der Waals surface area contributed by atoms with Crippen LogP contribution in [0, 0.1) is 13.8 Å². The highest BCUT2D eigenvalue weighted by molar-refractivity contribution is 5.21. The summed E-state index contributed by atoms with van der Waals surface area (Å²) in [5.41, 5.74) is 3.66. The molecule has 0 unspecified atom stereocenters. The second kappa shape index (κ2) is 3.70. The first-order valence-corrected chi connectivity index (χ1v) is 4.59. The average molecular weight is 163 g/mol. The van der Waals surface area contributed by atoms with Crippen LogP contribution in [0.1, 0.15) is 43.1 Å². The van der Waals surface area contributed by atoms with Crippen LogP contribution in [0.25, 0.3) is 0 Å². The second-order valence-electron chi connectivity index (χ2n) is 3.45. The Morgan fingerprint density at radius 3 is 2.50 bits per heavy atom. The molecule has 66 valence electrons. The molecule has 0 aliphatic carbocycles. The molecule has 0 aliphatic rings. The predicted octanol–water partition coefficient (Wildman–Crippen LogP) is 3.21. The van der Waals surface area contributed by atoms with Gasteiger partial charge in [0, 0.05) is 11.4 Å². The van der Waals surface area contributed by atoms with Gasteiger partial charge in [-0.15, -0.1) is 0 Å². The molecule has 0 radical (unpaired) electrons. The quantitative estimate of drug-likeness (QED) is 0.652. The van der Waals surface area contributed by atoms with Crippen molar-refractivity contribution < 1.29 is 0 Å². The molecule has 0 fully saturated rings. The lowest BCUT2D eigenvalue weighted by Gasteiger charge is -2.09. The van der Waals surface area contributed by atoms with Gasteiger partial charge in [-0.1, -0.05) is 19.9 Å². The molecule has 0 saturated carbocycles. The number of hydrogen-bond donors (Lipinski definition) is 0. The molecule has 0 amide bonds. The molecule has 0 aliphatic heterocycles. The third-order valence-corrected chi connectivity index (χ3v) is 2.49. The van der Waals surface area contributed by atoms with Crippen LogP contribution in [0.5, 0.6) is 0 Å². The fraction of sp³-hybridized carbons (Fsp3) is 0.545. The van der Waals surface area contributed by atoms with Gasteiger partial charge >= 0.3 is 0 Å². The van der Waals surface area contributed by atoms with Crippen LogP contribution in [-0.4, -0.2) is 4.98 Å². The van der Waals surface area contributed by atoms with E-state index in [2.05, 4.69) is 44.8 Å². The second-order valence-corrected chi connectivity index (χ2v) is 3.45. The van der Waals surface area contributed by atoms with Gasteiger partial charge in [-0.3, -0.25) is 4.98 Å². The first-order valence-electron chi connectivity index (χ1n) is 4.59. The average Bonchev–Trinajstić information content (AvgIpc) is 2.08. The van der Waals surface area contributed by atoms with Gasteiger partial charge in [0.2, 0.25) is 0 Å². The molecular weight excluding hydrogens is 146 g/mol. The van der Waals surface area contributed by atoms with E-state index < -0.39 is 0 Å². The van der Waals surface area contributed by atoms with Crippen LogP contribution in [0.3, 0.4) is 0 Å². The lowest BCUT2D eigenvalue weighted by Crippen LogP contribution is -1.98. The summed E-state index contributed by atoms with van der Waals surface area (Å²) in [6.45, 7) is 8.59. The van der Waals surface area contributed by atoms with Crippen molar-refractivity contribution in [2.45, 2.75) is 40.0 Å². The van der Waals surface area contributed by atoms with E-state index in [9.17, 15) is 0 Å². The maximum absolute atomic E-state index is 4.54. The maximum Gasteiger partial charge on any atom is 0.0435 e. The first kappa shape index (κ1) is 9.24. The Hall–Kier alpha value is -0.850. The van der Waals surface area contributed by atoms with E-state index in [1.807, 2.05) is 0 Å². The molecule has 1 heterocycles. The van der Waals surface area contributed by atoms with E-state index in [1.54, 1.807) is 0 Å². The zero-order valence-electron chi connectivity index (χ0n) is 8.39. The summed E-state index contributed by atoms with van der Waals surface area (Å²) in [5.74, 6) is 0.587. The summed E-state index contributed by atoms with van der Waals surface area (Å²) in [5, 5.41) is 0. The minimum absolute atomic E-state index is 0.587. The van der Waals surface area contributed by atoms with Crippen molar-refractivity contribution in [3.63, 3.8) is 0 Å². The Balaban J connectivity index is 2.96. The largest absolute Gasteiger partial charge is 0.258 e. The van der Waals surface area contributed by atoms with Crippen LogP contribution >= 0.6 is 0 Å². The van der Waals surface area contributed by atoms with Crippen LogP contribution in [-0.2, 0) is 0 Å². The number of aryl methyl sites for hydroxylation is 2. The van der Waals surface area contributed by atoms with Gasteiger partial charge in [0.05, 0.1) is 0 Å². The highest BCUT2D eigenvalue weighted by Gasteiger charge is 2.04. The number of hydrogen-bond acceptors (Lipinski definition) is 1. The Morgan fingerprint density at radius 1 is 1.33 bits per heavy atom. The summed E-state index contributed by atoms with van der Waals surface area (Å²) in [4.78, 5) is 4.54. The summed E-state index contributed by atoms with van der Waals surface area (Å²) in [6, 6.07) is 4.29. The lowest BCUT2D eigenvalue weighted by atomic mass is 10.0. The SMILES string of the molecule is CC[C@@H](C)c1ccc(C)c(C)n1. The summed E-state index contributed by atoms with van der Waals surface area (Å²) >= 11 is 0. The van der Waals surface area contributed by atoms with Crippen LogP contribution in [0.4, 0.5) is 0 Å². The van der Waals surface area contributed by atoms with Gasteiger partial charge in [-0.2, -0.15) is 0 Å². The standard InChI is InChI=1S/C11H17N/c1-5-8(2)11-7-6-9(3)10(4)12-11/h6-8H,5H2,1-4H3/t8-/m1/s1. The lowest BCUT2D eigenvalue weighted by molar-refractivity contribution is 0.704. The Morgan fingerprint density at radius 2 is 2.00 bits per heavy atom. The van der Waals surface area contributed by atoms with Crippen molar-refractivity contribution in [3.05, 3.63) is 29.1 Å². The van der Waals surface area contributed by atoms with Gasteiger partial charge in [0.15, 0.2) is 0 Å². The van der Waals surface area contributed by atoms with E-state index in [0.29, 0.717) is 5.92 Å². The molecule has 1 aromatic rings. The van der Waals surface area contributed by atoms with Crippen LogP contribution < -0.4 is 0 Å². The number of pyridine rings is 1. The highest BCUT2D eigenvalue weighted by atomic mass is 14.7. The number of aromatic nitrogens is 1. The number of rotatable bonds is 2. The topological polar surface area (TPSA) is 12.9 Å². The van der Waals surface area contributed by atoms with Crippen LogP contribution in [0.15, 0.2) is 12.1 Å². The van der Waals surface area contributed by atoms with Gasteiger partial charge in [0.1, 0.15) is 0 Å². The maximum atomic E-state index is 4.54. The van der Waals surface area contributed by atoms with E-state index in [1.165, 1.54) is 11.3 Å². The molecular formula is C11H17N. The van der Waals surface area contributed by atoms with E-state index in [0.717, 1.165) is 12.1 Å². The molecule has 1 rings (SSSR count). The first-order chi connectivity index (χ1) is 5.65. The molecule has 0 saturated heterocycles. The van der Waals surface area contributed by atoms with Crippen molar-refractivity contribution in [3.8, 4) is 0 Å². The highest BCUT2D eigenvalue weighted by Crippen LogP contribution is 2.17. The Kier molecular flexibility index (Phi) is 2.85. The molecule has 0 aromatic carbocycles. The molecule has 1 nitrogen and oxygen atoms in total. The van der Waals surface area contributed by atoms with Crippen molar-refractivity contribution in [1.82, 2.24) is 4.98 Å². The normalized spacial score (nSPS) is 13.0.